The van der Waals surface area contributed by atoms with Crippen LogP contribution in [-0.2, 0) is 30.6 Å². The van der Waals surface area contributed by atoms with E-state index >= 15 is 0 Å². The lowest BCUT2D eigenvalue weighted by Gasteiger charge is -2.04. The summed E-state index contributed by atoms with van der Waals surface area (Å²) in [5.41, 5.74) is 11.2. The zero-order valence-electron chi connectivity index (χ0n) is 75.0. The Hall–Kier alpha value is -20.7. The van der Waals surface area contributed by atoms with Crippen LogP contribution in [0.25, 0.3) is 114 Å². The number of pyridine rings is 2. The van der Waals surface area contributed by atoms with Crippen LogP contribution < -0.4 is 21.5 Å². The highest BCUT2D eigenvalue weighted by atomic mass is 35.5. The number of nitrogens with one attached hydrogen (secondary N) is 10. The van der Waals surface area contributed by atoms with Crippen LogP contribution in [0.15, 0.2) is 256 Å². The van der Waals surface area contributed by atoms with Gasteiger partial charge in [-0.25, -0.2) is 19.4 Å². The summed E-state index contributed by atoms with van der Waals surface area (Å²) in [4.78, 5) is 72.6. The molecule has 0 fully saturated rings. The molecule has 0 atom stereocenters. The Balaban J connectivity index is 0.000000132. The van der Waals surface area contributed by atoms with Crippen molar-refractivity contribution in [1.82, 2.24) is 245 Å². The van der Waals surface area contributed by atoms with Gasteiger partial charge in [-0.15, -0.1) is 86.7 Å². The van der Waals surface area contributed by atoms with Gasteiger partial charge in [0.25, 0.3) is 22.7 Å². The Kier molecular flexibility index (Phi) is 35.4. The number of aliphatic carboxylic acids is 1. The van der Waals surface area contributed by atoms with Gasteiger partial charge in [0.15, 0.2) is 17.4 Å². The van der Waals surface area contributed by atoms with Crippen LogP contribution in [0.4, 0.5) is 0 Å². The van der Waals surface area contributed by atoms with Crippen molar-refractivity contribution in [2.45, 2.75) is 60.4 Å². The highest BCUT2D eigenvalue weighted by molar-refractivity contribution is 6.30. The van der Waals surface area contributed by atoms with E-state index in [2.05, 4.69) is 232 Å². The van der Waals surface area contributed by atoms with E-state index in [1.165, 1.54) is 43.0 Å². The second-order valence-corrected chi connectivity index (χ2v) is 28.6. The van der Waals surface area contributed by atoms with Crippen LogP contribution in [-0.4, -0.2) is 274 Å². The number of Topliss-reactive ketones (excluding diaryl/α,β-unsaturated/α-hetero) is 1. The number of ketones is 1. The van der Waals surface area contributed by atoms with Gasteiger partial charge >= 0.3 is 11.6 Å². The maximum Gasteiger partial charge on any atom is 0.347 e. The summed E-state index contributed by atoms with van der Waals surface area (Å²) in [6.07, 6.45) is 5.77. The second-order valence-electron chi connectivity index (χ2n) is 28.1. The minimum atomic E-state index is -0.922. The number of phenols is 1. The number of H-pyrrole nitrogens is 10. The van der Waals surface area contributed by atoms with Gasteiger partial charge in [-0.3, -0.25) is 29.1 Å². The van der Waals surface area contributed by atoms with Crippen LogP contribution in [0.5, 0.6) is 11.5 Å². The molecule has 0 bridgehead atoms. The molecule has 0 aliphatic carbocycles. The number of phenolic OH excluding ortho intramolecular Hbond substituents is 1. The number of nitrogens with zero attached hydrogens (tertiary/aromatic N) is 38. The number of carbonyl (C=O) groups excluding carboxylic acids is 1. The van der Waals surface area contributed by atoms with Gasteiger partial charge in [-0.1, -0.05) is 154 Å². The average molecular weight is 1940 g/mol. The number of methoxy groups -OCH3 is 1. The number of fused-ring (bicyclic) bond motifs is 3. The molecule has 0 saturated heterocycles. The molecule has 0 aliphatic heterocycles. The third kappa shape index (κ3) is 29.1. The SMILES string of the molecule is CCc1ccc(O)c(C(=O)Cc2nn[nH]n2)c1.CCn1nnnc1CC(=O)O.COc1ccc(-c2nn[nH]n2)cc1.Cc1cc(=O)n2[nH]nnc2n1.Cc1ccc(-c2nn[nH]n2)cc1.Cc1ccc(-c2nn[nH]n2)cc1.Clc1ccc(-c2nn[nH]n2)cc1.O=c1cc(-c2ccccc2)nc2nn[nH]n12.O=c1oc2ccccc2cc1-c1nn[nH]n1.c1cc(-c2nn[nH]n2)ccn1.c1ccc(-c2nn[nH]n2)nc1. The number of aromatic nitrogens is 48. The van der Waals surface area contributed by atoms with Crippen molar-refractivity contribution in [2.75, 3.05) is 7.11 Å². The number of tetrazole rings is 11. The van der Waals surface area contributed by atoms with Crippen molar-refractivity contribution in [3.05, 3.63) is 313 Å². The van der Waals surface area contributed by atoms with Gasteiger partial charge < -0.3 is 19.4 Å². The quantitative estimate of drug-likeness (QED) is 0.0386. The summed E-state index contributed by atoms with van der Waals surface area (Å²) in [6, 6.07) is 66.1. The highest BCUT2D eigenvalue weighted by Gasteiger charge is 2.17. The van der Waals surface area contributed by atoms with Crippen LogP contribution in [0.1, 0.15) is 58.2 Å². The van der Waals surface area contributed by atoms with Gasteiger partial charge in [-0.2, -0.15) is 61.2 Å². The molecule has 0 radical (unpaired) electrons. The van der Waals surface area contributed by atoms with Crippen molar-refractivity contribution in [3.63, 3.8) is 0 Å². The molecule has 57 nitrogen and oxygen atoms in total. The monoisotopic (exact) mass is 1940 g/mol. The van der Waals surface area contributed by atoms with E-state index in [4.69, 9.17) is 25.9 Å². The molecule has 16 heterocycles. The lowest BCUT2D eigenvalue weighted by molar-refractivity contribution is -0.136. The standard InChI is InChI=1S/C11H12N4O2.C10H7N5O.C10H6N4O2.C8H8N4O.2C8H8N4.C7H5ClN4.2C6H5N5.C5H5N5O.C5H8N4O2/c1-2-7-3-4-9(16)8(5-7)10(17)6-11-12-14-15-13-11;16-9-6-8(7-4-2-1-3-5-7)11-10-12-13-14-15(9)10;15-10-7(9-11-13-14-12-9)5-6-3-1-2-4-8(6)16-10;1-13-7-4-2-6(3-5-7)8-9-11-12-10-8;2*1-6-2-4-7(5-3-6)8-9-11-12-10-8;8-6-3-1-5(2-4-6)7-9-11-12-10-7;1-3-7-4-2-5(1)6-8-10-11-9-6;1-2-4-7-5(3-1)6-8-10-11-9-6;1-3-2-4(11)10-5(6-3)7-8-9-10;1-2-9-4(3-5(10)11)6-7-8-9/h3-5,16H,2,6H2,1H3,(H,12,13,14,15);1-6H,(H,11,12,14);1-5H,(H,11,12,13,14);2-5H,1H3,(H,9,10,11,12);2*2-5H,1H3,(H,9,10,11,12);1-4H,(H,9,10,11,12);2*1-4H,(H,8,9,10,11);2H,1H3,(H,6,7,9);2-3H2,1H3,(H,10,11). The molecule has 23 rings (SSSR count). The maximum absolute atomic E-state index is 11.9. The summed E-state index contributed by atoms with van der Waals surface area (Å²) in [7, 11) is 1.63. The Bertz CT molecular complexity index is 7580. The van der Waals surface area contributed by atoms with E-state index in [1.807, 2.05) is 185 Å². The Morgan fingerprint density at radius 2 is 0.915 bits per heavy atom. The fraction of sp³-hybridized carbons (Fsp3) is 0.119. The Morgan fingerprint density at radius 1 is 0.437 bits per heavy atom. The zero-order chi connectivity index (χ0) is 99.6. The molecule has 0 spiro atoms. The summed E-state index contributed by atoms with van der Waals surface area (Å²) in [6.45, 7) is 10.2. The molecule has 142 heavy (non-hydrogen) atoms. The minimum absolute atomic E-state index is 0.0179. The Labute approximate surface area is 799 Å². The fourth-order valence-corrected chi connectivity index (χ4v) is 11.7. The maximum atomic E-state index is 11.9. The smallest absolute Gasteiger partial charge is 0.347 e. The lowest BCUT2D eigenvalue weighted by Crippen LogP contribution is -2.14. The van der Waals surface area contributed by atoms with Crippen molar-refractivity contribution in [2.24, 2.45) is 0 Å². The number of aryl methyl sites for hydroxylation is 5. The van der Waals surface area contributed by atoms with Crippen LogP contribution in [0.2, 0.25) is 5.02 Å². The number of aromatic amines is 10. The van der Waals surface area contributed by atoms with E-state index in [9.17, 15) is 29.1 Å². The average Bonchev–Trinajstić information content (AvgIpc) is 1.50. The normalized spacial score (nSPS) is 10.2. The molecule has 23 aromatic rings. The van der Waals surface area contributed by atoms with E-state index in [-0.39, 0.29) is 47.1 Å². The fourth-order valence-electron chi connectivity index (χ4n) is 11.5. The largest absolute Gasteiger partial charge is 0.507 e. The van der Waals surface area contributed by atoms with Gasteiger partial charge in [0.2, 0.25) is 40.8 Å². The molecule has 12 N–H and O–H groups in total. The number of benzene rings is 7. The summed E-state index contributed by atoms with van der Waals surface area (Å²) >= 11 is 5.71. The predicted molar refractivity (Wildman–Crippen MR) is 497 cm³/mol. The van der Waals surface area contributed by atoms with Crippen LogP contribution >= 0.6 is 11.6 Å². The van der Waals surface area contributed by atoms with Gasteiger partial charge in [-0.05, 0) is 194 Å². The number of carbonyl (C=O) groups is 2. The van der Waals surface area contributed by atoms with Gasteiger partial charge in [0.1, 0.15) is 34.8 Å². The summed E-state index contributed by atoms with van der Waals surface area (Å²) < 4.78 is 14.0. The molecule has 0 amide bonds. The van der Waals surface area contributed by atoms with E-state index < -0.39 is 11.6 Å². The molecule has 58 heteroatoms. The first-order valence-electron chi connectivity index (χ1n) is 41.5. The van der Waals surface area contributed by atoms with E-state index in [0.717, 1.165) is 62.2 Å². The lowest BCUT2D eigenvalue weighted by atomic mass is 10.0. The minimum Gasteiger partial charge on any atom is -0.507 e. The van der Waals surface area contributed by atoms with Crippen molar-refractivity contribution >= 4 is 45.9 Å². The predicted octanol–water partition coefficient (Wildman–Crippen LogP) is 6.06. The number of carboxylic acids is 1. The third-order valence-electron chi connectivity index (χ3n) is 18.5. The zero-order valence-corrected chi connectivity index (χ0v) is 75.7. The first-order chi connectivity index (χ1) is 69.3. The first kappa shape index (κ1) is 98.8. The number of ether oxygens (including phenoxy) is 1. The molecule has 714 valence electrons. The van der Waals surface area contributed by atoms with Crippen molar-refractivity contribution in [3.8, 4) is 103 Å². The molecule has 0 aliphatic rings. The van der Waals surface area contributed by atoms with Crippen molar-refractivity contribution in [1.29, 1.82) is 0 Å². The summed E-state index contributed by atoms with van der Waals surface area (Å²) in [5.74, 6) is 4.70. The summed E-state index contributed by atoms with van der Waals surface area (Å²) in [5, 5.41) is 156. The molecule has 0 saturated carbocycles. The van der Waals surface area contributed by atoms with E-state index in [1.54, 1.807) is 75.1 Å². The number of para-hydroxylation sites is 1. The topological polar surface area (TPSA) is 771 Å². The van der Waals surface area contributed by atoms with Crippen LogP contribution in [0, 0.1) is 20.8 Å². The number of aromatic hydroxyl groups is 1. The second kappa shape index (κ2) is 50.9. The number of hydrogen-bond donors (Lipinski definition) is 12. The van der Waals surface area contributed by atoms with Gasteiger partial charge in [0.05, 0.1) is 24.8 Å². The molecular weight excluding hydrogens is 1860 g/mol. The molecule has 0 unspecified atom stereocenters. The first-order valence-corrected chi connectivity index (χ1v) is 41.9. The molecule has 16 aromatic heterocycles. The molecule has 7 aromatic carbocycles. The number of carboxylic acid groups (broad SMARTS) is 1. The third-order valence-corrected chi connectivity index (χ3v) is 18.7. The number of rotatable bonds is 16. The number of halogens is 1. The van der Waals surface area contributed by atoms with E-state index in [0.29, 0.717) is 92.0 Å². The molecular formula is C84H77ClN48O9. The highest BCUT2D eigenvalue weighted by Crippen LogP contribution is 2.24. The number of hydrogen-bond acceptors (Lipinski definition) is 43. The van der Waals surface area contributed by atoms with Crippen molar-refractivity contribution < 1.29 is 29.0 Å². The Morgan fingerprint density at radius 3 is 1.41 bits per heavy atom. The van der Waals surface area contributed by atoms with Gasteiger partial charge in [0, 0.05) is 86.8 Å². The van der Waals surface area contributed by atoms with Crippen LogP contribution in [0.3, 0.4) is 0 Å².